The molecule has 2 aromatic heterocycles. The van der Waals surface area contributed by atoms with Crippen LogP contribution in [0.5, 0.6) is 5.75 Å². The molecule has 2 heterocycles. The highest BCUT2D eigenvalue weighted by atomic mass is 35.5. The highest BCUT2D eigenvalue weighted by molar-refractivity contribution is 6.33. The maximum atomic E-state index is 6.49. The van der Waals surface area contributed by atoms with Crippen molar-refractivity contribution in [1.29, 1.82) is 0 Å². The lowest BCUT2D eigenvalue weighted by Crippen LogP contribution is -2.22. The van der Waals surface area contributed by atoms with E-state index in [0.717, 1.165) is 34.1 Å². The van der Waals surface area contributed by atoms with Gasteiger partial charge in [-0.2, -0.15) is 0 Å². The molecule has 3 aromatic rings. The smallest absolute Gasteiger partial charge is 0.126 e. The van der Waals surface area contributed by atoms with Crippen LogP contribution in [0.2, 0.25) is 5.02 Å². The van der Waals surface area contributed by atoms with Crippen LogP contribution in [0.1, 0.15) is 37.7 Å². The molecule has 1 aromatic carbocycles. The van der Waals surface area contributed by atoms with Crippen molar-refractivity contribution in [3.8, 4) is 16.9 Å². The SMILES string of the molecule is COc1cccc(CNc2cc(-c3cc(NC4CCCCC4)ncc3Cl)ccn2)c1. The van der Waals surface area contributed by atoms with E-state index in [1.165, 1.54) is 32.1 Å². The number of nitrogens with zero attached hydrogens (tertiary/aromatic N) is 2. The standard InChI is InChI=1S/C24H27ClN4O/c1-30-20-9-5-6-17(12-20)15-27-23-13-18(10-11-26-23)21-14-24(28-16-22(21)25)29-19-7-3-2-4-8-19/h5-6,9-14,16,19H,2-4,7-8,15H2,1H3,(H,26,27)(H,28,29). The molecule has 0 atom stereocenters. The van der Waals surface area contributed by atoms with Gasteiger partial charge in [0, 0.05) is 30.5 Å². The lowest BCUT2D eigenvalue weighted by molar-refractivity contribution is 0.414. The molecule has 30 heavy (non-hydrogen) atoms. The van der Waals surface area contributed by atoms with Gasteiger partial charge in [-0.3, -0.25) is 0 Å². The van der Waals surface area contributed by atoms with Gasteiger partial charge in [-0.1, -0.05) is 43.0 Å². The number of benzene rings is 1. The molecule has 4 rings (SSSR count). The third-order valence-electron chi connectivity index (χ3n) is 5.49. The third kappa shape index (κ3) is 5.22. The second-order valence-electron chi connectivity index (χ2n) is 7.66. The van der Waals surface area contributed by atoms with Gasteiger partial charge in [0.1, 0.15) is 17.4 Å². The number of hydrogen-bond acceptors (Lipinski definition) is 5. The predicted molar refractivity (Wildman–Crippen MR) is 123 cm³/mol. The number of pyridine rings is 2. The molecule has 0 radical (unpaired) electrons. The molecule has 156 valence electrons. The number of methoxy groups -OCH3 is 1. The maximum absolute atomic E-state index is 6.49. The van der Waals surface area contributed by atoms with Crippen LogP contribution in [0, 0.1) is 0 Å². The number of rotatable bonds is 7. The molecule has 0 amide bonds. The summed E-state index contributed by atoms with van der Waals surface area (Å²) in [5.41, 5.74) is 3.09. The minimum absolute atomic E-state index is 0.498. The van der Waals surface area contributed by atoms with Crippen molar-refractivity contribution in [2.75, 3.05) is 17.7 Å². The topological polar surface area (TPSA) is 59.1 Å². The van der Waals surface area contributed by atoms with Crippen LogP contribution >= 0.6 is 11.6 Å². The minimum Gasteiger partial charge on any atom is -0.497 e. The lowest BCUT2D eigenvalue weighted by atomic mass is 9.95. The Morgan fingerprint density at radius 3 is 2.73 bits per heavy atom. The lowest BCUT2D eigenvalue weighted by Gasteiger charge is -2.23. The molecule has 0 unspecified atom stereocenters. The summed E-state index contributed by atoms with van der Waals surface area (Å²) >= 11 is 6.49. The average Bonchev–Trinajstić information content (AvgIpc) is 2.80. The Morgan fingerprint density at radius 2 is 1.90 bits per heavy atom. The molecular weight excluding hydrogens is 396 g/mol. The monoisotopic (exact) mass is 422 g/mol. The molecule has 0 bridgehead atoms. The molecule has 5 nitrogen and oxygen atoms in total. The molecular formula is C24H27ClN4O. The van der Waals surface area contributed by atoms with Crippen molar-refractivity contribution in [3.05, 3.63) is 65.4 Å². The highest BCUT2D eigenvalue weighted by Gasteiger charge is 2.15. The van der Waals surface area contributed by atoms with Crippen molar-refractivity contribution in [3.63, 3.8) is 0 Å². The second kappa shape index (κ2) is 9.81. The van der Waals surface area contributed by atoms with Crippen molar-refractivity contribution >= 4 is 23.2 Å². The quantitative estimate of drug-likeness (QED) is 0.477. The number of aromatic nitrogens is 2. The molecule has 6 heteroatoms. The zero-order valence-corrected chi connectivity index (χ0v) is 18.0. The van der Waals surface area contributed by atoms with Gasteiger partial charge in [-0.05, 0) is 54.3 Å². The largest absolute Gasteiger partial charge is 0.497 e. The van der Waals surface area contributed by atoms with Gasteiger partial charge in [0.05, 0.1) is 12.1 Å². The fourth-order valence-corrected chi connectivity index (χ4v) is 4.08. The molecule has 0 spiro atoms. The summed E-state index contributed by atoms with van der Waals surface area (Å²) in [7, 11) is 1.67. The second-order valence-corrected chi connectivity index (χ2v) is 8.07. The number of nitrogens with one attached hydrogen (secondary N) is 2. The molecule has 1 aliphatic rings. The van der Waals surface area contributed by atoms with E-state index in [0.29, 0.717) is 17.6 Å². The number of ether oxygens (including phenoxy) is 1. The molecule has 0 saturated heterocycles. The Kier molecular flexibility index (Phi) is 6.70. The third-order valence-corrected chi connectivity index (χ3v) is 5.79. The summed E-state index contributed by atoms with van der Waals surface area (Å²) in [4.78, 5) is 8.94. The Balaban J connectivity index is 1.49. The number of halogens is 1. The first kappa shape index (κ1) is 20.5. The maximum Gasteiger partial charge on any atom is 0.126 e. The van der Waals surface area contributed by atoms with E-state index in [9.17, 15) is 0 Å². The fraction of sp³-hybridized carbons (Fsp3) is 0.333. The first-order valence-electron chi connectivity index (χ1n) is 10.5. The number of anilines is 2. The van der Waals surface area contributed by atoms with E-state index < -0.39 is 0 Å². The van der Waals surface area contributed by atoms with E-state index in [4.69, 9.17) is 16.3 Å². The van der Waals surface area contributed by atoms with Gasteiger partial charge >= 0.3 is 0 Å². The zero-order chi connectivity index (χ0) is 20.8. The van der Waals surface area contributed by atoms with Crippen molar-refractivity contribution in [2.45, 2.75) is 44.7 Å². The van der Waals surface area contributed by atoms with Crippen LogP contribution in [-0.2, 0) is 6.54 Å². The van der Waals surface area contributed by atoms with E-state index in [1.807, 2.05) is 36.4 Å². The Bertz CT molecular complexity index is 988. The highest BCUT2D eigenvalue weighted by Crippen LogP contribution is 2.31. The molecule has 0 aliphatic heterocycles. The first-order chi connectivity index (χ1) is 14.7. The van der Waals surface area contributed by atoms with E-state index in [1.54, 1.807) is 19.5 Å². The molecule has 1 fully saturated rings. The van der Waals surface area contributed by atoms with Crippen LogP contribution in [0.15, 0.2) is 54.9 Å². The fourth-order valence-electron chi connectivity index (χ4n) is 3.86. The van der Waals surface area contributed by atoms with Crippen LogP contribution in [0.25, 0.3) is 11.1 Å². The zero-order valence-electron chi connectivity index (χ0n) is 17.2. The Morgan fingerprint density at radius 1 is 1.03 bits per heavy atom. The molecule has 1 saturated carbocycles. The van der Waals surface area contributed by atoms with Gasteiger partial charge in [-0.25, -0.2) is 9.97 Å². The molecule has 2 N–H and O–H groups in total. The van der Waals surface area contributed by atoms with Crippen molar-refractivity contribution in [1.82, 2.24) is 9.97 Å². The molecule has 1 aliphatic carbocycles. The predicted octanol–water partition coefficient (Wildman–Crippen LogP) is 6.16. The summed E-state index contributed by atoms with van der Waals surface area (Å²) in [5, 5.41) is 7.59. The minimum atomic E-state index is 0.498. The van der Waals surface area contributed by atoms with Gasteiger partial charge in [0.25, 0.3) is 0 Å². The van der Waals surface area contributed by atoms with Gasteiger partial charge in [0.15, 0.2) is 0 Å². The van der Waals surface area contributed by atoms with Crippen molar-refractivity contribution in [2.24, 2.45) is 0 Å². The average molecular weight is 423 g/mol. The summed E-state index contributed by atoms with van der Waals surface area (Å²) in [6.07, 6.45) is 9.83. The summed E-state index contributed by atoms with van der Waals surface area (Å²) in [5.74, 6) is 2.52. The van der Waals surface area contributed by atoms with Gasteiger partial charge in [-0.15, -0.1) is 0 Å². The van der Waals surface area contributed by atoms with Crippen LogP contribution in [0.3, 0.4) is 0 Å². The van der Waals surface area contributed by atoms with Gasteiger partial charge in [0.2, 0.25) is 0 Å². The summed E-state index contributed by atoms with van der Waals surface area (Å²) in [6, 6.07) is 14.5. The van der Waals surface area contributed by atoms with Crippen LogP contribution in [0.4, 0.5) is 11.6 Å². The van der Waals surface area contributed by atoms with Crippen LogP contribution < -0.4 is 15.4 Å². The van der Waals surface area contributed by atoms with Gasteiger partial charge < -0.3 is 15.4 Å². The Hall–Kier alpha value is -2.79. The normalized spacial score (nSPS) is 14.3. The van der Waals surface area contributed by atoms with E-state index in [2.05, 4.69) is 26.7 Å². The summed E-state index contributed by atoms with van der Waals surface area (Å²) < 4.78 is 5.29. The summed E-state index contributed by atoms with van der Waals surface area (Å²) in [6.45, 7) is 0.659. The Labute approximate surface area is 182 Å². The van der Waals surface area contributed by atoms with E-state index in [-0.39, 0.29) is 0 Å². The first-order valence-corrected chi connectivity index (χ1v) is 10.8. The van der Waals surface area contributed by atoms with Crippen molar-refractivity contribution < 1.29 is 4.74 Å². The van der Waals surface area contributed by atoms with Crippen LogP contribution in [-0.4, -0.2) is 23.1 Å². The van der Waals surface area contributed by atoms with E-state index >= 15 is 0 Å². The number of hydrogen-bond donors (Lipinski definition) is 2.